The lowest BCUT2D eigenvalue weighted by Crippen LogP contribution is -2.16. The van der Waals surface area contributed by atoms with Crippen molar-refractivity contribution in [3.8, 4) is 0 Å². The molecule has 1 nitrogen and oxygen atoms in total. The minimum Gasteiger partial charge on any atom is -0.251 e. The van der Waals surface area contributed by atoms with Crippen molar-refractivity contribution in [2.75, 3.05) is 0 Å². The van der Waals surface area contributed by atoms with Crippen LogP contribution in [0.1, 0.15) is 43.4 Å². The second-order valence-electron chi connectivity index (χ2n) is 13.8. The van der Waals surface area contributed by atoms with E-state index < -0.39 is 0 Å². The fourth-order valence-corrected chi connectivity index (χ4v) is 11.0. The van der Waals surface area contributed by atoms with E-state index in [4.69, 9.17) is 16.6 Å². The summed E-state index contributed by atoms with van der Waals surface area (Å²) in [7, 11) is 0. The van der Waals surface area contributed by atoms with Gasteiger partial charge in [-0.15, -0.1) is 22.7 Å². The van der Waals surface area contributed by atoms with Crippen LogP contribution in [-0.4, -0.2) is 5.71 Å². The zero-order valence-corrected chi connectivity index (χ0v) is 31.3. The van der Waals surface area contributed by atoms with Crippen LogP contribution in [0.4, 0.5) is 0 Å². The highest BCUT2D eigenvalue weighted by Crippen LogP contribution is 2.46. The molecule has 0 spiro atoms. The highest BCUT2D eigenvalue weighted by atomic mass is 35.5. The first-order chi connectivity index (χ1) is 25.6. The number of halogens is 1. The molecular weight excluding hydrogens is 690 g/mol. The fraction of sp³-hybridized carbons (Fsp3) is 0.104. The Hall–Kier alpha value is -5.06. The largest absolute Gasteiger partial charge is 0.251 e. The van der Waals surface area contributed by atoms with Gasteiger partial charge in [-0.2, -0.15) is 0 Å². The number of fused-ring (bicyclic) bond motifs is 9. The van der Waals surface area contributed by atoms with Gasteiger partial charge >= 0.3 is 0 Å². The molecule has 1 aliphatic heterocycles. The van der Waals surface area contributed by atoms with Crippen molar-refractivity contribution in [1.29, 1.82) is 0 Å². The summed E-state index contributed by atoms with van der Waals surface area (Å²) in [5.74, 6) is 0.121. The standard InChI is InChI=1S/C48H34ClNS2/c1-3-33-34(32-21-20-29-11-4-5-13-31(29)27-32)23-19-28(2)45(50-46(33)39-17-10-16-37-36-15-8-9-18-41(36)51-47(37)39)44-40(49)25-24-38-43-35-14-7-6-12-30(35)22-26-42(43)52-48(38)44/h4-18,20-28H,3,19H2,1-2H3. The molecule has 0 saturated carbocycles. The van der Waals surface area contributed by atoms with Crippen LogP contribution in [0.15, 0.2) is 150 Å². The number of hydrogen-bond donors (Lipinski definition) is 0. The van der Waals surface area contributed by atoms with Gasteiger partial charge in [0.25, 0.3) is 0 Å². The molecule has 250 valence electrons. The highest BCUT2D eigenvalue weighted by Gasteiger charge is 2.27. The SMILES string of the molecule is CCC1=C(c2cccc3c2sc2ccccc23)N=C(c2c(Cl)ccc3c2sc2ccc4ccccc4c23)C(C)CC=C1c1ccc2ccccc2c1. The Morgan fingerprint density at radius 2 is 1.38 bits per heavy atom. The highest BCUT2D eigenvalue weighted by molar-refractivity contribution is 7.26. The Labute approximate surface area is 315 Å². The quantitative estimate of drug-likeness (QED) is 0.171. The van der Waals surface area contributed by atoms with Crippen molar-refractivity contribution in [1.82, 2.24) is 0 Å². The summed E-state index contributed by atoms with van der Waals surface area (Å²) in [6.45, 7) is 4.60. The maximum absolute atomic E-state index is 7.33. The Morgan fingerprint density at radius 3 is 2.25 bits per heavy atom. The van der Waals surface area contributed by atoms with Crippen molar-refractivity contribution in [3.63, 3.8) is 0 Å². The van der Waals surface area contributed by atoms with E-state index in [0.29, 0.717) is 0 Å². The number of benzene rings is 7. The summed E-state index contributed by atoms with van der Waals surface area (Å²) in [5, 5.41) is 10.9. The smallest absolute Gasteiger partial charge is 0.0758 e. The summed E-state index contributed by atoms with van der Waals surface area (Å²) in [5.41, 5.74) is 8.11. The molecule has 0 amide bonds. The van der Waals surface area contributed by atoms with Crippen LogP contribution < -0.4 is 0 Å². The van der Waals surface area contributed by atoms with E-state index >= 15 is 0 Å². The lowest BCUT2D eigenvalue weighted by molar-refractivity contribution is 0.790. The van der Waals surface area contributed by atoms with Gasteiger partial charge in [0.05, 0.1) is 16.4 Å². The van der Waals surface area contributed by atoms with Crippen LogP contribution in [0.3, 0.4) is 0 Å². The molecular formula is C48H34ClNS2. The number of thiophene rings is 2. The number of nitrogens with zero attached hydrogens (tertiary/aromatic N) is 1. The van der Waals surface area contributed by atoms with Gasteiger partial charge in [-0.1, -0.05) is 141 Å². The molecule has 0 bridgehead atoms. The normalized spacial score (nSPS) is 15.6. The third kappa shape index (κ3) is 4.98. The molecule has 7 aromatic carbocycles. The molecule has 0 N–H and O–H groups in total. The molecule has 2 aromatic heterocycles. The fourth-order valence-electron chi connectivity index (χ4n) is 8.25. The predicted molar refractivity (Wildman–Crippen MR) is 231 cm³/mol. The zero-order valence-electron chi connectivity index (χ0n) is 28.9. The first kappa shape index (κ1) is 31.7. The molecule has 9 aromatic rings. The molecule has 0 aliphatic carbocycles. The van der Waals surface area contributed by atoms with E-state index in [1.54, 1.807) is 0 Å². The molecule has 10 rings (SSSR count). The number of aliphatic imine (C=N–C) groups is 1. The van der Waals surface area contributed by atoms with E-state index in [1.165, 1.54) is 84.2 Å². The average molecular weight is 724 g/mol. The van der Waals surface area contributed by atoms with Crippen molar-refractivity contribution in [3.05, 3.63) is 167 Å². The molecule has 1 atom stereocenters. The van der Waals surface area contributed by atoms with E-state index in [9.17, 15) is 0 Å². The molecule has 0 fully saturated rings. The molecule has 52 heavy (non-hydrogen) atoms. The molecule has 4 heteroatoms. The summed E-state index contributed by atoms with van der Waals surface area (Å²) in [6.07, 6.45) is 4.17. The molecule has 0 radical (unpaired) electrons. The minimum absolute atomic E-state index is 0.121. The van der Waals surface area contributed by atoms with Gasteiger partial charge < -0.3 is 0 Å². The van der Waals surface area contributed by atoms with Crippen molar-refractivity contribution in [2.45, 2.75) is 26.7 Å². The van der Waals surface area contributed by atoms with Gasteiger partial charge in [0.1, 0.15) is 0 Å². The second kappa shape index (κ2) is 12.6. The third-order valence-electron chi connectivity index (χ3n) is 10.8. The summed E-state index contributed by atoms with van der Waals surface area (Å²) in [4.78, 5) is 5.90. The maximum atomic E-state index is 7.33. The summed E-state index contributed by atoms with van der Waals surface area (Å²) in [6, 6.07) is 48.6. The third-order valence-corrected chi connectivity index (χ3v) is 13.5. The van der Waals surface area contributed by atoms with Crippen LogP contribution in [0.2, 0.25) is 5.02 Å². The lowest BCUT2D eigenvalue weighted by atomic mass is 9.85. The van der Waals surface area contributed by atoms with Gasteiger partial charge in [0.2, 0.25) is 0 Å². The molecule has 1 unspecified atom stereocenters. The first-order valence-electron chi connectivity index (χ1n) is 18.0. The van der Waals surface area contributed by atoms with Crippen LogP contribution in [0.5, 0.6) is 0 Å². The van der Waals surface area contributed by atoms with E-state index in [2.05, 4.69) is 153 Å². The molecule has 0 saturated heterocycles. The zero-order chi connectivity index (χ0) is 34.9. The van der Waals surface area contributed by atoms with E-state index in [-0.39, 0.29) is 5.92 Å². The summed E-state index contributed by atoms with van der Waals surface area (Å²) < 4.78 is 5.05. The van der Waals surface area contributed by atoms with Crippen LogP contribution >= 0.6 is 34.3 Å². The van der Waals surface area contributed by atoms with Crippen LogP contribution in [-0.2, 0) is 0 Å². The van der Waals surface area contributed by atoms with Gasteiger partial charge in [0.15, 0.2) is 0 Å². The number of allylic oxidation sites excluding steroid dienone is 3. The van der Waals surface area contributed by atoms with Crippen LogP contribution in [0, 0.1) is 5.92 Å². The Balaban J connectivity index is 1.29. The Morgan fingerprint density at radius 1 is 0.654 bits per heavy atom. The van der Waals surface area contributed by atoms with Crippen molar-refractivity contribution < 1.29 is 0 Å². The number of rotatable bonds is 4. The van der Waals surface area contributed by atoms with Gasteiger partial charge in [-0.3, -0.25) is 4.99 Å². The van der Waals surface area contributed by atoms with Gasteiger partial charge in [-0.25, -0.2) is 0 Å². The predicted octanol–water partition coefficient (Wildman–Crippen LogP) is 15.1. The monoisotopic (exact) mass is 723 g/mol. The topological polar surface area (TPSA) is 12.4 Å². The second-order valence-corrected chi connectivity index (χ2v) is 16.3. The number of hydrogen-bond acceptors (Lipinski definition) is 3. The molecule has 3 heterocycles. The van der Waals surface area contributed by atoms with Crippen molar-refractivity contribution in [2.24, 2.45) is 10.9 Å². The van der Waals surface area contributed by atoms with E-state index in [0.717, 1.165) is 34.8 Å². The van der Waals surface area contributed by atoms with E-state index in [1.807, 2.05) is 22.7 Å². The first-order valence-corrected chi connectivity index (χ1v) is 20.0. The minimum atomic E-state index is 0.121. The van der Waals surface area contributed by atoms with Crippen molar-refractivity contribution >= 4 is 113 Å². The Kier molecular flexibility index (Phi) is 7.65. The van der Waals surface area contributed by atoms with Crippen LogP contribution in [0.25, 0.3) is 73.2 Å². The average Bonchev–Trinajstić information content (AvgIpc) is 3.76. The van der Waals surface area contributed by atoms with Gasteiger partial charge in [0, 0.05) is 57.4 Å². The summed E-state index contributed by atoms with van der Waals surface area (Å²) >= 11 is 11.0. The molecule has 1 aliphatic rings. The maximum Gasteiger partial charge on any atom is 0.0758 e. The van der Waals surface area contributed by atoms with Gasteiger partial charge in [-0.05, 0) is 75.4 Å². The lowest BCUT2D eigenvalue weighted by Gasteiger charge is -2.24. The Bertz CT molecular complexity index is 3010.